The predicted molar refractivity (Wildman–Crippen MR) is 162 cm³/mol. The molecular formula is C31H29FN8O2S. The van der Waals surface area contributed by atoms with Gasteiger partial charge in [-0.3, -0.25) is 14.1 Å². The number of nitriles is 1. The van der Waals surface area contributed by atoms with Crippen LogP contribution in [0.25, 0.3) is 28.0 Å². The lowest BCUT2D eigenvalue weighted by Gasteiger charge is -2.29. The van der Waals surface area contributed by atoms with Crippen LogP contribution in [0.15, 0.2) is 55.0 Å². The van der Waals surface area contributed by atoms with Gasteiger partial charge in [0.15, 0.2) is 5.13 Å². The number of likely N-dealkylation sites (tertiary alicyclic amines) is 1. The number of piperidine rings is 1. The molecule has 0 unspecified atom stereocenters. The number of carbonyl (C=O) groups is 1. The molecule has 43 heavy (non-hydrogen) atoms. The van der Waals surface area contributed by atoms with Crippen LogP contribution in [-0.4, -0.2) is 67.0 Å². The summed E-state index contributed by atoms with van der Waals surface area (Å²) in [4.78, 5) is 34.3. The first-order chi connectivity index (χ1) is 20.8. The molecule has 0 atom stereocenters. The molecule has 5 heterocycles. The van der Waals surface area contributed by atoms with Gasteiger partial charge in [0, 0.05) is 48.2 Å². The molecule has 4 aromatic heterocycles. The molecule has 1 fully saturated rings. The fourth-order valence-electron chi connectivity index (χ4n) is 5.50. The largest absolute Gasteiger partial charge is 0.480 e. The van der Waals surface area contributed by atoms with Crippen molar-refractivity contribution in [3.8, 4) is 28.5 Å². The molecule has 1 saturated heterocycles. The number of aromatic nitrogens is 5. The molecule has 1 N–H and O–H groups in total. The number of halogens is 1. The second-order valence-corrected chi connectivity index (χ2v) is 11.5. The smallest absolute Gasteiger partial charge is 0.317 e. The normalized spacial score (nSPS) is 14.2. The number of nitrogens with zero attached hydrogens (tertiary/aromatic N) is 8. The van der Waals surface area contributed by atoms with Crippen molar-refractivity contribution >= 4 is 33.9 Å². The number of thiazole rings is 1. The van der Waals surface area contributed by atoms with Crippen molar-refractivity contribution in [3.63, 3.8) is 0 Å². The number of hydrogen-bond donors (Lipinski definition) is 1. The standard InChI is InChI=1S/C31H29FN8O2S/c1-3-24-30(38(2)31-37-28(25(14-33)43-31)19-4-7-23(32)8-5-19)40-17-21(6-9-26(40)36-24)22-15-34-29(35-16-22)20-10-12-39(13-11-20)18-27(41)42/h4-9,15-17,20H,3,10-13,18H2,1-2H3,(H,41,42). The zero-order valence-corrected chi connectivity index (χ0v) is 24.6. The summed E-state index contributed by atoms with van der Waals surface area (Å²) in [6.07, 6.45) is 8.04. The molecule has 0 aliphatic carbocycles. The Hall–Kier alpha value is -4.73. The Morgan fingerprint density at radius 2 is 1.79 bits per heavy atom. The molecule has 0 saturated carbocycles. The number of rotatable bonds is 8. The van der Waals surface area contributed by atoms with Crippen LogP contribution < -0.4 is 4.90 Å². The molecule has 0 bridgehead atoms. The molecule has 218 valence electrons. The van der Waals surface area contributed by atoms with Gasteiger partial charge in [0.05, 0.1) is 12.2 Å². The summed E-state index contributed by atoms with van der Waals surface area (Å²) in [6.45, 7) is 3.55. The lowest BCUT2D eigenvalue weighted by atomic mass is 9.96. The molecule has 6 rings (SSSR count). The van der Waals surface area contributed by atoms with Gasteiger partial charge in [0.1, 0.15) is 39.7 Å². The highest BCUT2D eigenvalue weighted by atomic mass is 32.1. The van der Waals surface area contributed by atoms with Crippen LogP contribution in [0.4, 0.5) is 15.3 Å². The van der Waals surface area contributed by atoms with Crippen molar-refractivity contribution in [2.24, 2.45) is 0 Å². The third-order valence-corrected chi connectivity index (χ3v) is 8.79. The van der Waals surface area contributed by atoms with Gasteiger partial charge in [-0.05, 0) is 68.8 Å². The van der Waals surface area contributed by atoms with E-state index in [0.29, 0.717) is 27.7 Å². The lowest BCUT2D eigenvalue weighted by Crippen LogP contribution is -2.37. The SMILES string of the molecule is CCc1nc2ccc(-c3cnc(C4CCN(CC(=O)O)CC4)nc3)cn2c1N(C)c1nc(-c2ccc(F)cc2)c(C#N)s1. The van der Waals surface area contributed by atoms with Gasteiger partial charge in [-0.1, -0.05) is 18.3 Å². The monoisotopic (exact) mass is 596 g/mol. The number of aliphatic carboxylic acids is 1. The molecule has 1 aliphatic rings. The molecule has 0 spiro atoms. The number of anilines is 2. The van der Waals surface area contributed by atoms with Crippen molar-refractivity contribution in [1.29, 1.82) is 5.26 Å². The van der Waals surface area contributed by atoms with Crippen molar-refractivity contribution in [2.45, 2.75) is 32.1 Å². The number of carboxylic acid groups (broad SMARTS) is 1. The second-order valence-electron chi connectivity index (χ2n) is 10.5. The zero-order valence-electron chi connectivity index (χ0n) is 23.7. The second kappa shape index (κ2) is 11.9. The highest BCUT2D eigenvalue weighted by Crippen LogP contribution is 2.37. The van der Waals surface area contributed by atoms with Crippen LogP contribution in [0.5, 0.6) is 0 Å². The van der Waals surface area contributed by atoms with Crippen LogP contribution in [0.2, 0.25) is 0 Å². The molecule has 1 aliphatic heterocycles. The average molecular weight is 597 g/mol. The molecule has 12 heteroatoms. The van der Waals surface area contributed by atoms with Gasteiger partial charge in [-0.15, -0.1) is 0 Å². The summed E-state index contributed by atoms with van der Waals surface area (Å²) in [5.74, 6) is 0.683. The summed E-state index contributed by atoms with van der Waals surface area (Å²) in [5.41, 5.74) is 4.66. The van der Waals surface area contributed by atoms with E-state index < -0.39 is 5.97 Å². The van der Waals surface area contributed by atoms with Crippen molar-refractivity contribution in [1.82, 2.24) is 29.2 Å². The van der Waals surface area contributed by atoms with E-state index in [0.717, 1.165) is 60.0 Å². The Morgan fingerprint density at radius 1 is 1.09 bits per heavy atom. The van der Waals surface area contributed by atoms with Crippen molar-refractivity contribution in [2.75, 3.05) is 31.6 Å². The van der Waals surface area contributed by atoms with Crippen LogP contribution in [0, 0.1) is 17.1 Å². The average Bonchev–Trinajstić information content (AvgIpc) is 3.63. The van der Waals surface area contributed by atoms with Gasteiger partial charge < -0.3 is 10.0 Å². The Kier molecular flexibility index (Phi) is 7.84. The van der Waals surface area contributed by atoms with Crippen LogP contribution in [-0.2, 0) is 11.2 Å². The van der Waals surface area contributed by atoms with Crippen LogP contribution in [0.1, 0.15) is 42.1 Å². The third-order valence-electron chi connectivity index (χ3n) is 7.75. The van der Waals surface area contributed by atoms with E-state index >= 15 is 0 Å². The summed E-state index contributed by atoms with van der Waals surface area (Å²) < 4.78 is 15.5. The van der Waals surface area contributed by atoms with Gasteiger partial charge in [0.2, 0.25) is 0 Å². The number of benzene rings is 1. The van der Waals surface area contributed by atoms with E-state index in [1.807, 2.05) is 58.9 Å². The lowest BCUT2D eigenvalue weighted by molar-refractivity contribution is -0.138. The number of carboxylic acids is 1. The van der Waals surface area contributed by atoms with Crippen LogP contribution >= 0.6 is 11.3 Å². The predicted octanol–water partition coefficient (Wildman–Crippen LogP) is 5.52. The molecule has 0 radical (unpaired) electrons. The van der Waals surface area contributed by atoms with E-state index in [9.17, 15) is 14.4 Å². The van der Waals surface area contributed by atoms with Crippen LogP contribution in [0.3, 0.4) is 0 Å². The number of aryl methyl sites for hydroxylation is 1. The summed E-state index contributed by atoms with van der Waals surface area (Å²) in [7, 11) is 1.91. The third kappa shape index (κ3) is 5.69. The number of fused-ring (bicyclic) bond motifs is 1. The van der Waals surface area contributed by atoms with E-state index in [1.54, 1.807) is 12.1 Å². The molecule has 5 aromatic rings. The van der Waals surface area contributed by atoms with Gasteiger partial charge in [-0.2, -0.15) is 5.26 Å². The fourth-order valence-corrected chi connectivity index (χ4v) is 6.35. The first-order valence-electron chi connectivity index (χ1n) is 14.0. The minimum absolute atomic E-state index is 0.0671. The van der Waals surface area contributed by atoms with E-state index in [4.69, 9.17) is 15.1 Å². The number of pyridine rings is 1. The maximum absolute atomic E-state index is 13.5. The highest BCUT2D eigenvalue weighted by Gasteiger charge is 2.25. The Bertz CT molecular complexity index is 1820. The van der Waals surface area contributed by atoms with Gasteiger partial charge >= 0.3 is 5.97 Å². The Morgan fingerprint density at radius 3 is 2.44 bits per heavy atom. The minimum atomic E-state index is -0.803. The van der Waals surface area contributed by atoms with Crippen molar-refractivity contribution in [3.05, 3.63) is 77.2 Å². The maximum atomic E-state index is 13.5. The summed E-state index contributed by atoms with van der Waals surface area (Å²) in [5, 5.41) is 19.5. The maximum Gasteiger partial charge on any atom is 0.317 e. The Balaban J connectivity index is 1.29. The molecular weight excluding hydrogens is 567 g/mol. The quantitative estimate of drug-likeness (QED) is 0.247. The van der Waals surface area contributed by atoms with E-state index in [1.165, 1.54) is 23.5 Å². The fraction of sp³-hybridized carbons (Fsp3) is 0.290. The highest BCUT2D eigenvalue weighted by molar-refractivity contribution is 7.16. The number of hydrogen-bond acceptors (Lipinski definition) is 9. The zero-order chi connectivity index (χ0) is 30.1. The number of imidazole rings is 1. The molecule has 10 nitrogen and oxygen atoms in total. The van der Waals surface area contributed by atoms with E-state index in [2.05, 4.69) is 16.0 Å². The minimum Gasteiger partial charge on any atom is -0.480 e. The summed E-state index contributed by atoms with van der Waals surface area (Å²) >= 11 is 1.28. The topological polar surface area (TPSA) is 124 Å². The molecule has 0 amide bonds. The summed E-state index contributed by atoms with van der Waals surface area (Å²) in [6, 6.07) is 12.2. The van der Waals surface area contributed by atoms with Gasteiger partial charge in [0.25, 0.3) is 0 Å². The van der Waals surface area contributed by atoms with Crippen molar-refractivity contribution < 1.29 is 14.3 Å². The van der Waals surface area contributed by atoms with E-state index in [-0.39, 0.29) is 18.3 Å². The first-order valence-corrected chi connectivity index (χ1v) is 14.8. The first kappa shape index (κ1) is 28.4. The Labute approximate surface area is 251 Å². The van der Waals surface area contributed by atoms with Gasteiger partial charge in [-0.25, -0.2) is 24.3 Å². The molecule has 1 aromatic carbocycles.